The van der Waals surface area contributed by atoms with Gasteiger partial charge >= 0.3 is 0 Å². The van der Waals surface area contributed by atoms with E-state index in [2.05, 4.69) is 21.2 Å². The van der Waals surface area contributed by atoms with Gasteiger partial charge in [0.15, 0.2) is 6.61 Å². The second-order valence-corrected chi connectivity index (χ2v) is 8.38. The number of rotatable bonds is 8. The van der Waals surface area contributed by atoms with Crippen molar-refractivity contribution in [1.82, 2.24) is 4.31 Å². The Labute approximate surface area is 166 Å². The van der Waals surface area contributed by atoms with E-state index in [9.17, 15) is 17.6 Å². The smallest absolute Gasteiger partial charge is 0.262 e. The summed E-state index contributed by atoms with van der Waals surface area (Å²) in [6, 6.07) is 10.1. The van der Waals surface area contributed by atoms with Gasteiger partial charge in [0.1, 0.15) is 11.6 Å². The van der Waals surface area contributed by atoms with Crippen LogP contribution in [-0.2, 0) is 14.8 Å². The van der Waals surface area contributed by atoms with Gasteiger partial charge in [-0.25, -0.2) is 12.8 Å². The van der Waals surface area contributed by atoms with Crippen molar-refractivity contribution in [3.8, 4) is 5.75 Å². The molecule has 6 nitrogen and oxygen atoms in total. The van der Waals surface area contributed by atoms with Crippen LogP contribution in [0.15, 0.2) is 51.8 Å². The van der Waals surface area contributed by atoms with Crippen LogP contribution in [0.25, 0.3) is 0 Å². The van der Waals surface area contributed by atoms with E-state index in [1.807, 2.05) is 0 Å². The first-order valence-corrected chi connectivity index (χ1v) is 10.5. The standard InChI is InChI=1S/C18H20BrFN2O4S/c1-3-22(4-2)27(24,25)15-8-6-14(7-9-15)26-12-18(23)21-17-10-5-13(19)11-16(17)20/h5-11H,3-4,12H2,1-2H3,(H,21,23). The number of carbonyl (C=O) groups excluding carboxylic acids is 1. The number of carbonyl (C=O) groups is 1. The summed E-state index contributed by atoms with van der Waals surface area (Å²) in [6.45, 7) is 3.96. The van der Waals surface area contributed by atoms with Gasteiger partial charge in [-0.2, -0.15) is 4.31 Å². The molecular formula is C18H20BrFN2O4S. The molecule has 0 atom stereocenters. The zero-order valence-electron chi connectivity index (χ0n) is 14.9. The molecule has 0 aliphatic carbocycles. The van der Waals surface area contributed by atoms with Crippen LogP contribution < -0.4 is 10.1 Å². The van der Waals surface area contributed by atoms with Crippen molar-refractivity contribution in [2.75, 3.05) is 25.0 Å². The van der Waals surface area contributed by atoms with Crippen LogP contribution in [-0.4, -0.2) is 38.3 Å². The zero-order chi connectivity index (χ0) is 20.0. The summed E-state index contributed by atoms with van der Waals surface area (Å²) in [4.78, 5) is 12.1. The van der Waals surface area contributed by atoms with Gasteiger partial charge in [0, 0.05) is 17.6 Å². The summed E-state index contributed by atoms with van der Waals surface area (Å²) in [5, 5.41) is 2.41. The highest BCUT2D eigenvalue weighted by Crippen LogP contribution is 2.21. The summed E-state index contributed by atoms with van der Waals surface area (Å²) in [5.41, 5.74) is 0.0486. The van der Waals surface area contributed by atoms with Gasteiger partial charge in [-0.15, -0.1) is 0 Å². The highest BCUT2D eigenvalue weighted by Gasteiger charge is 2.21. The molecule has 0 aromatic heterocycles. The number of ether oxygens (including phenoxy) is 1. The first kappa shape index (κ1) is 21.3. The second kappa shape index (κ2) is 9.29. The summed E-state index contributed by atoms with van der Waals surface area (Å²) in [7, 11) is -3.55. The number of sulfonamides is 1. The third-order valence-corrected chi connectivity index (χ3v) is 6.30. The number of benzene rings is 2. The van der Waals surface area contributed by atoms with Gasteiger partial charge in [0.05, 0.1) is 10.6 Å². The maximum Gasteiger partial charge on any atom is 0.262 e. The molecule has 0 saturated heterocycles. The fourth-order valence-electron chi connectivity index (χ4n) is 2.35. The molecule has 146 valence electrons. The SMILES string of the molecule is CCN(CC)S(=O)(=O)c1ccc(OCC(=O)Nc2ccc(Br)cc2F)cc1. The molecule has 0 aliphatic rings. The number of nitrogens with one attached hydrogen (secondary N) is 1. The van der Waals surface area contributed by atoms with Gasteiger partial charge in [0.25, 0.3) is 5.91 Å². The Kier molecular flexibility index (Phi) is 7.34. The molecule has 0 radical (unpaired) electrons. The molecular weight excluding hydrogens is 439 g/mol. The Hall–Kier alpha value is -1.97. The van der Waals surface area contributed by atoms with E-state index in [1.165, 1.54) is 40.7 Å². The number of hydrogen-bond donors (Lipinski definition) is 1. The highest BCUT2D eigenvalue weighted by atomic mass is 79.9. The Bertz CT molecular complexity index is 900. The van der Waals surface area contributed by atoms with Crippen LogP contribution in [0.2, 0.25) is 0 Å². The Morgan fingerprint density at radius 2 is 1.78 bits per heavy atom. The van der Waals surface area contributed by atoms with E-state index in [1.54, 1.807) is 19.9 Å². The van der Waals surface area contributed by atoms with Crippen molar-refractivity contribution < 1.29 is 22.3 Å². The molecule has 2 rings (SSSR count). The Morgan fingerprint density at radius 1 is 1.15 bits per heavy atom. The van der Waals surface area contributed by atoms with Gasteiger partial charge in [-0.1, -0.05) is 29.8 Å². The lowest BCUT2D eigenvalue weighted by Crippen LogP contribution is -2.30. The Balaban J connectivity index is 1.97. The van der Waals surface area contributed by atoms with Crippen molar-refractivity contribution in [2.24, 2.45) is 0 Å². The normalized spacial score (nSPS) is 11.4. The molecule has 2 aromatic carbocycles. The lowest BCUT2D eigenvalue weighted by molar-refractivity contribution is -0.118. The number of anilines is 1. The largest absolute Gasteiger partial charge is 0.484 e. The summed E-state index contributed by atoms with van der Waals surface area (Å²) in [5.74, 6) is -0.764. The predicted octanol–water partition coefficient (Wildman–Crippen LogP) is 3.64. The van der Waals surface area contributed by atoms with Crippen molar-refractivity contribution in [2.45, 2.75) is 18.7 Å². The van der Waals surface area contributed by atoms with Crippen molar-refractivity contribution >= 4 is 37.5 Å². The minimum absolute atomic E-state index is 0.0486. The van der Waals surface area contributed by atoms with E-state index >= 15 is 0 Å². The fraction of sp³-hybridized carbons (Fsp3) is 0.278. The summed E-state index contributed by atoms with van der Waals surface area (Å²) in [6.07, 6.45) is 0. The topological polar surface area (TPSA) is 75.7 Å². The third kappa shape index (κ3) is 5.50. The van der Waals surface area contributed by atoms with Gasteiger partial charge in [-0.05, 0) is 42.5 Å². The number of nitrogens with zero attached hydrogens (tertiary/aromatic N) is 1. The monoisotopic (exact) mass is 458 g/mol. The van der Waals surface area contributed by atoms with E-state index in [0.717, 1.165) is 0 Å². The molecule has 9 heteroatoms. The van der Waals surface area contributed by atoms with Gasteiger partial charge in [0.2, 0.25) is 10.0 Å². The van der Waals surface area contributed by atoms with E-state index in [4.69, 9.17) is 4.74 Å². The van der Waals surface area contributed by atoms with Gasteiger partial charge < -0.3 is 10.1 Å². The molecule has 0 spiro atoms. The zero-order valence-corrected chi connectivity index (χ0v) is 17.3. The van der Waals surface area contributed by atoms with E-state index < -0.39 is 21.7 Å². The van der Waals surface area contributed by atoms with E-state index in [0.29, 0.717) is 23.3 Å². The maximum atomic E-state index is 13.7. The lowest BCUT2D eigenvalue weighted by Gasteiger charge is -2.18. The molecule has 0 aliphatic heterocycles. The molecule has 1 amide bonds. The average molecular weight is 459 g/mol. The van der Waals surface area contributed by atoms with Crippen LogP contribution in [0.1, 0.15) is 13.8 Å². The molecule has 0 heterocycles. The van der Waals surface area contributed by atoms with Crippen molar-refractivity contribution in [3.05, 3.63) is 52.8 Å². The third-order valence-electron chi connectivity index (χ3n) is 3.74. The first-order chi connectivity index (χ1) is 12.8. The van der Waals surface area contributed by atoms with Crippen LogP contribution in [0.3, 0.4) is 0 Å². The molecule has 0 saturated carbocycles. The van der Waals surface area contributed by atoms with Crippen molar-refractivity contribution in [3.63, 3.8) is 0 Å². The second-order valence-electron chi connectivity index (χ2n) is 5.52. The molecule has 0 bridgehead atoms. The average Bonchev–Trinajstić information content (AvgIpc) is 2.63. The molecule has 27 heavy (non-hydrogen) atoms. The van der Waals surface area contributed by atoms with Crippen LogP contribution >= 0.6 is 15.9 Å². The first-order valence-electron chi connectivity index (χ1n) is 8.25. The fourth-order valence-corrected chi connectivity index (χ4v) is 4.14. The van der Waals surface area contributed by atoms with Crippen LogP contribution in [0.5, 0.6) is 5.75 Å². The molecule has 2 aromatic rings. The van der Waals surface area contributed by atoms with Gasteiger partial charge in [-0.3, -0.25) is 4.79 Å². The number of amides is 1. The molecule has 1 N–H and O–H groups in total. The van der Waals surface area contributed by atoms with Crippen molar-refractivity contribution in [1.29, 1.82) is 0 Å². The highest BCUT2D eigenvalue weighted by molar-refractivity contribution is 9.10. The Morgan fingerprint density at radius 3 is 2.33 bits per heavy atom. The minimum atomic E-state index is -3.55. The number of halogens is 2. The van der Waals surface area contributed by atoms with Crippen LogP contribution in [0.4, 0.5) is 10.1 Å². The summed E-state index contributed by atoms with van der Waals surface area (Å²) >= 11 is 3.14. The summed E-state index contributed by atoms with van der Waals surface area (Å²) < 4.78 is 45.8. The van der Waals surface area contributed by atoms with E-state index in [-0.39, 0.29) is 17.2 Å². The molecule has 0 fully saturated rings. The van der Waals surface area contributed by atoms with Crippen LogP contribution in [0, 0.1) is 5.82 Å². The minimum Gasteiger partial charge on any atom is -0.484 e. The maximum absolute atomic E-state index is 13.7. The predicted molar refractivity (Wildman–Crippen MR) is 105 cm³/mol. The quantitative estimate of drug-likeness (QED) is 0.654. The molecule has 0 unspecified atom stereocenters. The number of hydrogen-bond acceptors (Lipinski definition) is 4. The lowest BCUT2D eigenvalue weighted by atomic mass is 10.3.